The first-order valence-electron chi connectivity index (χ1n) is 7.97. The van der Waals surface area contributed by atoms with E-state index in [-0.39, 0.29) is 0 Å². The number of aromatic nitrogens is 1. The molecule has 2 aromatic rings. The molecule has 0 unspecified atom stereocenters. The molecule has 1 heterocycles. The molecular weight excluding hydrogens is 260 g/mol. The van der Waals surface area contributed by atoms with Crippen molar-refractivity contribution in [1.29, 1.82) is 0 Å². The van der Waals surface area contributed by atoms with Gasteiger partial charge in [0, 0.05) is 43.3 Å². The summed E-state index contributed by atoms with van der Waals surface area (Å²) in [6.07, 6.45) is 2.48. The zero-order valence-electron chi connectivity index (χ0n) is 13.8. The van der Waals surface area contributed by atoms with E-state index in [0.29, 0.717) is 0 Å². The van der Waals surface area contributed by atoms with Gasteiger partial charge in [-0.25, -0.2) is 0 Å². The van der Waals surface area contributed by atoms with Gasteiger partial charge in [-0.05, 0) is 43.5 Å². The smallest absolute Gasteiger partial charge is 0.0587 e. The molecule has 2 rings (SSSR count). The lowest BCUT2D eigenvalue weighted by Gasteiger charge is -2.08. The number of ether oxygens (including phenoxy) is 1. The highest BCUT2D eigenvalue weighted by Crippen LogP contribution is 2.26. The predicted octanol–water partition coefficient (Wildman–Crippen LogP) is 3.79. The van der Waals surface area contributed by atoms with Crippen LogP contribution in [-0.4, -0.2) is 24.8 Å². The number of methoxy groups -OCH3 is 1. The van der Waals surface area contributed by atoms with Gasteiger partial charge in [-0.1, -0.05) is 19.4 Å². The van der Waals surface area contributed by atoms with Gasteiger partial charge in [-0.3, -0.25) is 0 Å². The first-order valence-corrected chi connectivity index (χ1v) is 7.97. The summed E-state index contributed by atoms with van der Waals surface area (Å²) in [5.74, 6) is 0. The molecule has 0 bridgehead atoms. The zero-order valence-corrected chi connectivity index (χ0v) is 13.8. The first-order chi connectivity index (χ1) is 10.2. The summed E-state index contributed by atoms with van der Waals surface area (Å²) in [6, 6.07) is 6.85. The van der Waals surface area contributed by atoms with Gasteiger partial charge in [-0.2, -0.15) is 0 Å². The summed E-state index contributed by atoms with van der Waals surface area (Å²) in [5.41, 5.74) is 5.54. The van der Waals surface area contributed by atoms with Gasteiger partial charge in [0.15, 0.2) is 0 Å². The van der Waals surface area contributed by atoms with Gasteiger partial charge < -0.3 is 14.6 Å². The van der Waals surface area contributed by atoms with Crippen molar-refractivity contribution in [1.82, 2.24) is 9.88 Å². The Morgan fingerprint density at radius 1 is 1.24 bits per heavy atom. The molecule has 0 radical (unpaired) electrons. The van der Waals surface area contributed by atoms with E-state index >= 15 is 0 Å². The number of benzene rings is 1. The Morgan fingerprint density at radius 3 is 2.76 bits per heavy atom. The van der Waals surface area contributed by atoms with Crippen molar-refractivity contribution in [2.45, 2.75) is 46.7 Å². The van der Waals surface area contributed by atoms with E-state index in [1.807, 2.05) is 0 Å². The average molecular weight is 288 g/mol. The van der Waals surface area contributed by atoms with E-state index in [1.54, 1.807) is 7.11 Å². The van der Waals surface area contributed by atoms with Crippen molar-refractivity contribution in [2.75, 3.05) is 20.3 Å². The number of unbranched alkanes of at least 4 members (excludes halogenated alkanes) is 1. The molecule has 21 heavy (non-hydrogen) atoms. The van der Waals surface area contributed by atoms with Crippen molar-refractivity contribution in [3.05, 3.63) is 35.0 Å². The molecule has 0 atom stereocenters. The van der Waals surface area contributed by atoms with Gasteiger partial charge in [0.25, 0.3) is 0 Å². The lowest BCUT2D eigenvalue weighted by atomic mass is 10.1. The highest BCUT2D eigenvalue weighted by molar-refractivity contribution is 5.86. The van der Waals surface area contributed by atoms with Crippen LogP contribution < -0.4 is 5.32 Å². The molecule has 0 saturated carbocycles. The maximum Gasteiger partial charge on any atom is 0.0587 e. The summed E-state index contributed by atoms with van der Waals surface area (Å²) in [6.45, 7) is 10.4. The second-order valence-electron chi connectivity index (χ2n) is 5.74. The van der Waals surface area contributed by atoms with E-state index < -0.39 is 0 Å². The lowest BCUT2D eigenvalue weighted by molar-refractivity contribution is 0.199. The van der Waals surface area contributed by atoms with Gasteiger partial charge in [0.05, 0.1) is 6.61 Å². The highest BCUT2D eigenvalue weighted by atomic mass is 16.5. The molecule has 0 saturated heterocycles. The maximum atomic E-state index is 5.06. The van der Waals surface area contributed by atoms with E-state index in [0.717, 1.165) is 26.2 Å². The number of nitrogens with zero attached hydrogens (tertiary/aromatic N) is 1. The molecule has 1 aromatic heterocycles. The Bertz CT molecular complexity index is 586. The molecular formula is C18H28N2O. The second-order valence-corrected chi connectivity index (χ2v) is 5.74. The van der Waals surface area contributed by atoms with Gasteiger partial charge >= 0.3 is 0 Å². The van der Waals surface area contributed by atoms with E-state index in [2.05, 4.69) is 48.9 Å². The van der Waals surface area contributed by atoms with Gasteiger partial charge in [0.1, 0.15) is 0 Å². The Balaban J connectivity index is 2.21. The fraction of sp³-hybridized carbons (Fsp3) is 0.556. The number of rotatable bonds is 8. The Labute approximate surface area is 128 Å². The molecule has 0 amide bonds. The van der Waals surface area contributed by atoms with E-state index in [4.69, 9.17) is 4.74 Å². The van der Waals surface area contributed by atoms with Crippen molar-refractivity contribution < 1.29 is 4.74 Å². The van der Waals surface area contributed by atoms with Gasteiger partial charge in [0.2, 0.25) is 0 Å². The second kappa shape index (κ2) is 7.62. The lowest BCUT2D eigenvalue weighted by Crippen LogP contribution is -2.18. The minimum absolute atomic E-state index is 0.758. The average Bonchev–Trinajstić information content (AvgIpc) is 2.73. The Hall–Kier alpha value is -1.32. The minimum Gasteiger partial charge on any atom is -0.383 e. The van der Waals surface area contributed by atoms with E-state index in [9.17, 15) is 0 Å². The van der Waals surface area contributed by atoms with Crippen LogP contribution in [0.2, 0.25) is 0 Å². The monoisotopic (exact) mass is 288 g/mol. The van der Waals surface area contributed by atoms with Crippen LogP contribution in [0.4, 0.5) is 0 Å². The predicted molar refractivity (Wildman–Crippen MR) is 89.9 cm³/mol. The van der Waals surface area contributed by atoms with Crippen molar-refractivity contribution >= 4 is 10.9 Å². The quantitative estimate of drug-likeness (QED) is 0.748. The molecule has 3 heteroatoms. The topological polar surface area (TPSA) is 26.2 Å². The normalized spacial score (nSPS) is 11.4. The van der Waals surface area contributed by atoms with Crippen molar-refractivity contribution in [2.24, 2.45) is 0 Å². The number of nitrogens with one attached hydrogen (secondary N) is 1. The van der Waals surface area contributed by atoms with Crippen LogP contribution in [0.25, 0.3) is 10.9 Å². The molecule has 3 nitrogen and oxygen atoms in total. The third-order valence-electron chi connectivity index (χ3n) is 4.25. The van der Waals surface area contributed by atoms with Crippen LogP contribution in [0.5, 0.6) is 0 Å². The summed E-state index contributed by atoms with van der Waals surface area (Å²) >= 11 is 0. The Kier molecular flexibility index (Phi) is 5.83. The SMILES string of the molecule is CCCCn1c(C)c(C)c2cc(CNCCOC)ccc21. The van der Waals surface area contributed by atoms with Crippen LogP contribution in [0.3, 0.4) is 0 Å². The number of aryl methyl sites for hydroxylation is 2. The molecule has 0 aliphatic heterocycles. The molecule has 0 spiro atoms. The number of hydrogen-bond donors (Lipinski definition) is 1. The summed E-state index contributed by atoms with van der Waals surface area (Å²) < 4.78 is 7.53. The fourth-order valence-corrected chi connectivity index (χ4v) is 2.82. The van der Waals surface area contributed by atoms with Crippen molar-refractivity contribution in [3.63, 3.8) is 0 Å². The van der Waals surface area contributed by atoms with Crippen LogP contribution in [0, 0.1) is 13.8 Å². The molecule has 0 aliphatic carbocycles. The van der Waals surface area contributed by atoms with E-state index in [1.165, 1.54) is 40.6 Å². The molecule has 1 aromatic carbocycles. The van der Waals surface area contributed by atoms with Crippen LogP contribution in [-0.2, 0) is 17.8 Å². The van der Waals surface area contributed by atoms with Crippen LogP contribution >= 0.6 is 0 Å². The molecule has 1 N–H and O–H groups in total. The molecule has 0 fully saturated rings. The van der Waals surface area contributed by atoms with Crippen LogP contribution in [0.1, 0.15) is 36.6 Å². The third kappa shape index (κ3) is 3.66. The maximum absolute atomic E-state index is 5.06. The Morgan fingerprint density at radius 2 is 2.05 bits per heavy atom. The largest absolute Gasteiger partial charge is 0.383 e. The first kappa shape index (κ1) is 16.1. The summed E-state index contributed by atoms with van der Waals surface area (Å²) in [5, 5.41) is 4.81. The van der Waals surface area contributed by atoms with Gasteiger partial charge in [-0.15, -0.1) is 0 Å². The fourth-order valence-electron chi connectivity index (χ4n) is 2.82. The zero-order chi connectivity index (χ0) is 15.2. The number of hydrogen-bond acceptors (Lipinski definition) is 2. The summed E-state index contributed by atoms with van der Waals surface area (Å²) in [4.78, 5) is 0. The highest BCUT2D eigenvalue weighted by Gasteiger charge is 2.10. The molecule has 116 valence electrons. The summed E-state index contributed by atoms with van der Waals surface area (Å²) in [7, 11) is 1.74. The third-order valence-corrected chi connectivity index (χ3v) is 4.25. The van der Waals surface area contributed by atoms with Crippen molar-refractivity contribution in [3.8, 4) is 0 Å². The number of fused-ring (bicyclic) bond motifs is 1. The standard InChI is InChI=1S/C18H28N2O/c1-5-6-10-20-15(3)14(2)17-12-16(7-8-18(17)20)13-19-9-11-21-4/h7-8,12,19H,5-6,9-11,13H2,1-4H3. The van der Waals surface area contributed by atoms with Crippen LogP contribution in [0.15, 0.2) is 18.2 Å². The molecule has 0 aliphatic rings. The minimum atomic E-state index is 0.758.